The van der Waals surface area contributed by atoms with Crippen LogP contribution < -0.4 is 0 Å². The number of halogens is 1. The van der Waals surface area contributed by atoms with Crippen LogP contribution in [0.3, 0.4) is 0 Å². The lowest BCUT2D eigenvalue weighted by Gasteiger charge is -2.39. The summed E-state index contributed by atoms with van der Waals surface area (Å²) >= 11 is 8.07. The third-order valence-electron chi connectivity index (χ3n) is 3.48. The van der Waals surface area contributed by atoms with E-state index in [1.54, 1.807) is 0 Å². The molecule has 1 atom stereocenters. The third-order valence-corrected chi connectivity index (χ3v) is 4.96. The van der Waals surface area contributed by atoms with E-state index in [1.807, 2.05) is 0 Å². The fraction of sp³-hybridized carbons (Fsp3) is 1.00. The third kappa shape index (κ3) is 2.80. The van der Waals surface area contributed by atoms with Gasteiger partial charge in [-0.3, -0.25) is 0 Å². The molecule has 0 spiro atoms. The molecule has 2 fully saturated rings. The Bertz CT molecular complexity index is 171. The molecule has 2 aliphatic heterocycles. The number of alkyl halides is 1. The van der Waals surface area contributed by atoms with Crippen LogP contribution in [0.1, 0.15) is 25.7 Å². The Hall–Kier alpha value is 0.600. The van der Waals surface area contributed by atoms with Gasteiger partial charge in [0.05, 0.1) is 0 Å². The number of thioether (sulfide) groups is 1. The first-order valence-electron chi connectivity index (χ1n) is 5.78. The summed E-state index contributed by atoms with van der Waals surface area (Å²) in [6.45, 7) is 2.58. The average Bonchev–Trinajstić information content (AvgIpc) is 2.30. The summed E-state index contributed by atoms with van der Waals surface area (Å²) in [6, 6.07) is 0.877. The van der Waals surface area contributed by atoms with Gasteiger partial charge in [-0.25, -0.2) is 0 Å². The van der Waals surface area contributed by atoms with E-state index in [1.165, 1.54) is 50.3 Å². The van der Waals surface area contributed by atoms with Crippen LogP contribution >= 0.6 is 23.4 Å². The van der Waals surface area contributed by atoms with E-state index in [2.05, 4.69) is 16.7 Å². The first-order valence-corrected chi connectivity index (χ1v) is 7.47. The molecule has 2 aliphatic rings. The largest absolute Gasteiger partial charge is 0.300 e. The summed E-state index contributed by atoms with van der Waals surface area (Å²) in [7, 11) is 0. The van der Waals surface area contributed by atoms with Crippen molar-refractivity contribution in [2.24, 2.45) is 5.92 Å². The van der Waals surface area contributed by atoms with Gasteiger partial charge in [0.2, 0.25) is 0 Å². The molecule has 2 rings (SSSR count). The van der Waals surface area contributed by atoms with Crippen LogP contribution in [0.4, 0.5) is 0 Å². The number of piperidine rings is 1. The maximum Gasteiger partial charge on any atom is 0.0263 e. The van der Waals surface area contributed by atoms with Crippen LogP contribution in [0.15, 0.2) is 0 Å². The monoisotopic (exact) mass is 233 g/mol. The predicted octanol–water partition coefficient (Wildman–Crippen LogP) is 2.83. The molecular weight excluding hydrogens is 214 g/mol. The van der Waals surface area contributed by atoms with Gasteiger partial charge in [-0.2, -0.15) is 11.8 Å². The summed E-state index contributed by atoms with van der Waals surface area (Å²) in [6.07, 6.45) is 5.52. The smallest absolute Gasteiger partial charge is 0.0263 e. The van der Waals surface area contributed by atoms with E-state index < -0.39 is 0 Å². The molecule has 82 valence electrons. The van der Waals surface area contributed by atoms with Gasteiger partial charge in [0.15, 0.2) is 0 Å². The molecule has 3 heteroatoms. The molecule has 14 heavy (non-hydrogen) atoms. The number of hydrogen-bond acceptors (Lipinski definition) is 2. The lowest BCUT2D eigenvalue weighted by molar-refractivity contribution is 0.124. The molecule has 0 radical (unpaired) electrons. The Labute approximate surface area is 96.6 Å². The fourth-order valence-electron chi connectivity index (χ4n) is 2.61. The second-order valence-corrected chi connectivity index (χ2v) is 6.03. The van der Waals surface area contributed by atoms with Gasteiger partial charge in [0, 0.05) is 18.5 Å². The van der Waals surface area contributed by atoms with Gasteiger partial charge < -0.3 is 4.90 Å². The summed E-state index contributed by atoms with van der Waals surface area (Å²) in [5, 5.41) is 0. The molecule has 0 aromatic rings. The lowest BCUT2D eigenvalue weighted by Crippen LogP contribution is -2.44. The first kappa shape index (κ1) is 11.1. The van der Waals surface area contributed by atoms with Crippen molar-refractivity contribution in [3.63, 3.8) is 0 Å². The molecule has 2 heterocycles. The molecule has 0 saturated carbocycles. The van der Waals surface area contributed by atoms with Crippen molar-refractivity contribution < 1.29 is 0 Å². The quantitative estimate of drug-likeness (QED) is 0.675. The molecule has 0 aromatic carbocycles. The predicted molar refractivity (Wildman–Crippen MR) is 65.4 cm³/mol. The summed E-state index contributed by atoms with van der Waals surface area (Å²) in [5.74, 6) is 4.36. The summed E-state index contributed by atoms with van der Waals surface area (Å²) < 4.78 is 0. The van der Waals surface area contributed by atoms with E-state index in [-0.39, 0.29) is 0 Å². The maximum absolute atomic E-state index is 5.95. The van der Waals surface area contributed by atoms with Crippen LogP contribution in [0.5, 0.6) is 0 Å². The molecule has 1 nitrogen and oxygen atoms in total. The van der Waals surface area contributed by atoms with Gasteiger partial charge >= 0.3 is 0 Å². The molecule has 0 unspecified atom stereocenters. The highest BCUT2D eigenvalue weighted by Gasteiger charge is 2.26. The minimum absolute atomic E-state index is 0.764. The minimum atomic E-state index is 0.764. The highest BCUT2D eigenvalue weighted by molar-refractivity contribution is 7.99. The van der Waals surface area contributed by atoms with Crippen LogP contribution in [-0.2, 0) is 0 Å². The summed E-state index contributed by atoms with van der Waals surface area (Å²) in [5.41, 5.74) is 0. The molecule has 2 saturated heterocycles. The number of rotatable bonds is 2. The van der Waals surface area contributed by atoms with Crippen molar-refractivity contribution in [3.8, 4) is 0 Å². The molecule has 0 bridgehead atoms. The fourth-order valence-corrected chi connectivity index (χ4v) is 3.94. The van der Waals surface area contributed by atoms with Crippen molar-refractivity contribution in [1.82, 2.24) is 4.90 Å². The van der Waals surface area contributed by atoms with Crippen molar-refractivity contribution in [3.05, 3.63) is 0 Å². The van der Waals surface area contributed by atoms with E-state index >= 15 is 0 Å². The van der Waals surface area contributed by atoms with Crippen LogP contribution in [0.2, 0.25) is 0 Å². The zero-order valence-corrected chi connectivity index (χ0v) is 10.3. The van der Waals surface area contributed by atoms with Gasteiger partial charge in [-0.1, -0.05) is 0 Å². The molecular formula is C11H20ClNS. The van der Waals surface area contributed by atoms with Crippen molar-refractivity contribution in [2.75, 3.05) is 30.5 Å². The average molecular weight is 234 g/mol. The van der Waals surface area contributed by atoms with Gasteiger partial charge in [-0.05, 0) is 49.7 Å². The van der Waals surface area contributed by atoms with Crippen molar-refractivity contribution in [1.29, 1.82) is 0 Å². The Morgan fingerprint density at radius 1 is 1.21 bits per heavy atom. The molecule has 0 N–H and O–H groups in total. The van der Waals surface area contributed by atoms with E-state index in [4.69, 9.17) is 11.6 Å². The number of hydrogen-bond donors (Lipinski definition) is 0. The Balaban J connectivity index is 1.83. The second kappa shape index (κ2) is 5.62. The van der Waals surface area contributed by atoms with E-state index in [9.17, 15) is 0 Å². The zero-order chi connectivity index (χ0) is 9.80. The van der Waals surface area contributed by atoms with Crippen molar-refractivity contribution in [2.45, 2.75) is 31.7 Å². The van der Waals surface area contributed by atoms with Crippen LogP contribution in [0.25, 0.3) is 0 Å². The highest BCUT2D eigenvalue weighted by Crippen LogP contribution is 2.26. The zero-order valence-electron chi connectivity index (χ0n) is 8.75. The molecule has 0 aromatic heterocycles. The number of likely N-dealkylation sites (tertiary alicyclic amines) is 1. The van der Waals surface area contributed by atoms with E-state index in [0.717, 1.165) is 17.8 Å². The number of nitrogens with zero attached hydrogens (tertiary/aromatic N) is 1. The van der Waals surface area contributed by atoms with Gasteiger partial charge in [0.1, 0.15) is 0 Å². The van der Waals surface area contributed by atoms with Crippen LogP contribution in [0, 0.1) is 5.92 Å². The Morgan fingerprint density at radius 3 is 2.71 bits per heavy atom. The first-order chi connectivity index (χ1) is 6.90. The Kier molecular flexibility index (Phi) is 4.45. The minimum Gasteiger partial charge on any atom is -0.300 e. The Morgan fingerprint density at radius 2 is 2.00 bits per heavy atom. The molecule has 0 amide bonds. The van der Waals surface area contributed by atoms with E-state index in [0.29, 0.717) is 0 Å². The topological polar surface area (TPSA) is 3.24 Å². The van der Waals surface area contributed by atoms with Crippen molar-refractivity contribution >= 4 is 23.4 Å². The van der Waals surface area contributed by atoms with Crippen LogP contribution in [-0.4, -0.2) is 41.4 Å². The highest BCUT2D eigenvalue weighted by atomic mass is 35.5. The standard InChI is InChI=1S/C11H20ClNS/c12-8-10-2-1-5-13(9-10)11-3-6-14-7-4-11/h10-11H,1-9H2/t10-/m1/s1. The van der Waals surface area contributed by atoms with Gasteiger partial charge in [-0.15, -0.1) is 11.6 Å². The van der Waals surface area contributed by atoms with Gasteiger partial charge in [0.25, 0.3) is 0 Å². The normalized spacial score (nSPS) is 31.9. The maximum atomic E-state index is 5.95. The summed E-state index contributed by atoms with van der Waals surface area (Å²) in [4.78, 5) is 2.70. The second-order valence-electron chi connectivity index (χ2n) is 4.50. The molecule has 0 aliphatic carbocycles. The lowest BCUT2D eigenvalue weighted by atomic mass is 9.97. The SMILES string of the molecule is ClC[C@H]1CCCN(C2CCSCC2)C1.